The minimum Gasteiger partial charge on any atom is -0.497 e. The van der Waals surface area contributed by atoms with Crippen LogP contribution in [0, 0.1) is 11.3 Å². The Balaban J connectivity index is 1.43. The van der Waals surface area contributed by atoms with E-state index in [1.807, 2.05) is 32.0 Å². The largest absolute Gasteiger partial charge is 0.497 e. The number of thioether (sulfide) groups is 1. The Kier molecular flexibility index (Phi) is 7.40. The summed E-state index contributed by atoms with van der Waals surface area (Å²) in [6, 6.07) is 12.6. The average molecular weight is 495 g/mol. The second kappa shape index (κ2) is 10.6. The van der Waals surface area contributed by atoms with Crippen LogP contribution in [0.15, 0.2) is 58.1 Å². The molecule has 4 rings (SSSR count). The molecule has 182 valence electrons. The van der Waals surface area contributed by atoms with Gasteiger partial charge in [-0.3, -0.25) is 10.2 Å². The minimum atomic E-state index is -0.469. The van der Waals surface area contributed by atoms with Crippen LogP contribution in [0.25, 0.3) is 6.08 Å². The highest BCUT2D eigenvalue weighted by Gasteiger charge is 2.36. The Morgan fingerprint density at radius 2 is 1.80 bits per heavy atom. The van der Waals surface area contributed by atoms with E-state index in [1.54, 1.807) is 44.6 Å². The molecule has 2 heterocycles. The number of hydrogen-bond donors (Lipinski definition) is 1. The monoisotopic (exact) mass is 494 g/mol. The summed E-state index contributed by atoms with van der Waals surface area (Å²) in [4.78, 5) is 16.7. The van der Waals surface area contributed by atoms with E-state index in [0.717, 1.165) is 10.8 Å². The van der Waals surface area contributed by atoms with Gasteiger partial charge in [0.05, 0.1) is 19.8 Å². The fourth-order valence-electron chi connectivity index (χ4n) is 3.30. The molecule has 0 unspecified atom stereocenters. The van der Waals surface area contributed by atoms with Crippen molar-refractivity contribution in [2.45, 2.75) is 13.8 Å². The SMILES string of the molecule is COc1cccc(OCCOc2ccc(/C=C3\C(=N)N4N=C(C(C)C)SC4=NC3=O)cc2OC)c1. The third kappa shape index (κ3) is 5.48. The number of ether oxygens (including phenoxy) is 4. The van der Waals surface area contributed by atoms with Crippen LogP contribution in [0.1, 0.15) is 19.4 Å². The number of amides is 1. The Hall–Kier alpha value is -3.79. The third-order valence-corrected chi connectivity index (χ3v) is 6.32. The lowest BCUT2D eigenvalue weighted by Gasteiger charge is -2.20. The Morgan fingerprint density at radius 3 is 2.54 bits per heavy atom. The zero-order valence-corrected chi connectivity index (χ0v) is 20.7. The van der Waals surface area contributed by atoms with Crippen LogP contribution >= 0.6 is 11.8 Å². The van der Waals surface area contributed by atoms with E-state index < -0.39 is 5.91 Å². The first-order valence-corrected chi connectivity index (χ1v) is 11.8. The molecule has 0 bridgehead atoms. The second-order valence-electron chi connectivity index (χ2n) is 7.90. The van der Waals surface area contributed by atoms with Crippen LogP contribution in [0.3, 0.4) is 0 Å². The Bertz CT molecular complexity index is 1240. The first-order valence-electron chi connectivity index (χ1n) is 11.0. The van der Waals surface area contributed by atoms with E-state index in [2.05, 4.69) is 10.1 Å². The van der Waals surface area contributed by atoms with Crippen molar-refractivity contribution >= 4 is 39.8 Å². The summed E-state index contributed by atoms with van der Waals surface area (Å²) in [5.74, 6) is 2.15. The van der Waals surface area contributed by atoms with E-state index in [9.17, 15) is 4.79 Å². The van der Waals surface area contributed by atoms with Gasteiger partial charge in [-0.05, 0) is 47.7 Å². The number of amidine groups is 2. The van der Waals surface area contributed by atoms with Crippen LogP contribution in [0.4, 0.5) is 0 Å². The summed E-state index contributed by atoms with van der Waals surface area (Å²) >= 11 is 1.32. The van der Waals surface area contributed by atoms with Gasteiger partial charge in [-0.1, -0.05) is 26.0 Å². The fraction of sp³-hybridized carbons (Fsp3) is 0.280. The normalized spacial score (nSPS) is 16.3. The van der Waals surface area contributed by atoms with Crippen LogP contribution in [0.5, 0.6) is 23.0 Å². The molecular weight excluding hydrogens is 468 g/mol. The number of rotatable bonds is 9. The van der Waals surface area contributed by atoms with Gasteiger partial charge in [0.25, 0.3) is 5.91 Å². The van der Waals surface area contributed by atoms with Gasteiger partial charge in [-0.25, -0.2) is 0 Å². The summed E-state index contributed by atoms with van der Waals surface area (Å²) in [6.45, 7) is 4.65. The lowest BCUT2D eigenvalue weighted by Crippen LogP contribution is -2.35. The summed E-state index contributed by atoms with van der Waals surface area (Å²) in [7, 11) is 3.15. The molecule has 0 aliphatic carbocycles. The van der Waals surface area contributed by atoms with E-state index in [-0.39, 0.29) is 17.3 Å². The number of aliphatic imine (C=N–C) groups is 1. The van der Waals surface area contributed by atoms with Crippen molar-refractivity contribution in [3.8, 4) is 23.0 Å². The van der Waals surface area contributed by atoms with Gasteiger partial charge in [0.15, 0.2) is 17.3 Å². The fourth-order valence-corrected chi connectivity index (χ4v) is 4.19. The van der Waals surface area contributed by atoms with Crippen LogP contribution in [-0.2, 0) is 4.79 Å². The van der Waals surface area contributed by atoms with Crippen LogP contribution in [-0.4, -0.2) is 54.4 Å². The molecule has 1 amide bonds. The molecule has 2 aliphatic heterocycles. The predicted octanol–water partition coefficient (Wildman–Crippen LogP) is 4.44. The summed E-state index contributed by atoms with van der Waals surface area (Å²) in [5, 5.41) is 15.6. The van der Waals surface area contributed by atoms with Gasteiger partial charge in [0, 0.05) is 12.0 Å². The first-order chi connectivity index (χ1) is 16.9. The van der Waals surface area contributed by atoms with Crippen molar-refractivity contribution in [3.05, 3.63) is 53.6 Å². The zero-order valence-electron chi connectivity index (χ0n) is 19.9. The van der Waals surface area contributed by atoms with Gasteiger partial charge < -0.3 is 18.9 Å². The highest BCUT2D eigenvalue weighted by Crippen LogP contribution is 2.32. The summed E-state index contributed by atoms with van der Waals surface area (Å²) in [5.41, 5.74) is 0.832. The van der Waals surface area contributed by atoms with Gasteiger partial charge in [0.2, 0.25) is 5.17 Å². The van der Waals surface area contributed by atoms with Crippen LogP contribution < -0.4 is 18.9 Å². The smallest absolute Gasteiger partial charge is 0.283 e. The second-order valence-corrected chi connectivity index (χ2v) is 8.89. The van der Waals surface area contributed by atoms with Gasteiger partial charge in [-0.2, -0.15) is 15.1 Å². The molecular formula is C25H26N4O5S. The number of nitrogens with zero attached hydrogens (tertiary/aromatic N) is 3. The molecule has 0 fully saturated rings. The zero-order chi connectivity index (χ0) is 24.9. The molecule has 0 aromatic heterocycles. The Labute approximate surface area is 207 Å². The van der Waals surface area contributed by atoms with Gasteiger partial charge in [0.1, 0.15) is 29.8 Å². The molecule has 2 aromatic carbocycles. The summed E-state index contributed by atoms with van der Waals surface area (Å²) in [6.07, 6.45) is 1.61. The molecule has 1 N–H and O–H groups in total. The molecule has 35 heavy (non-hydrogen) atoms. The standard InChI is InChI=1S/C25H26N4O5S/c1-15(2)24-28-29-22(26)19(23(30)27-25(29)35-24)12-16-8-9-20(21(13-16)32-4)34-11-10-33-18-7-5-6-17(14-18)31-3/h5-9,12-15,26H,10-11H2,1-4H3/b19-12+,26-22?. The Morgan fingerprint density at radius 1 is 1.03 bits per heavy atom. The van der Waals surface area contributed by atoms with Crippen molar-refractivity contribution in [2.75, 3.05) is 27.4 Å². The van der Waals surface area contributed by atoms with Gasteiger partial charge >= 0.3 is 0 Å². The molecule has 2 aliphatic rings. The topological polar surface area (TPSA) is 106 Å². The molecule has 9 nitrogen and oxygen atoms in total. The lowest BCUT2D eigenvalue weighted by molar-refractivity contribution is -0.114. The van der Waals surface area contributed by atoms with E-state index in [1.165, 1.54) is 16.8 Å². The number of hydrazone groups is 1. The minimum absolute atomic E-state index is 0.00265. The third-order valence-electron chi connectivity index (χ3n) is 5.11. The highest BCUT2D eigenvalue weighted by molar-refractivity contribution is 8.27. The molecule has 10 heteroatoms. The van der Waals surface area contributed by atoms with Crippen molar-refractivity contribution in [2.24, 2.45) is 16.0 Å². The number of nitrogens with one attached hydrogen (secondary N) is 1. The van der Waals surface area contributed by atoms with Crippen LogP contribution in [0.2, 0.25) is 0 Å². The van der Waals surface area contributed by atoms with E-state index in [0.29, 0.717) is 41.2 Å². The number of benzene rings is 2. The van der Waals surface area contributed by atoms with Crippen molar-refractivity contribution in [1.29, 1.82) is 5.41 Å². The maximum absolute atomic E-state index is 12.6. The van der Waals surface area contributed by atoms with Crippen molar-refractivity contribution < 1.29 is 23.7 Å². The maximum atomic E-state index is 12.6. The number of fused-ring (bicyclic) bond motifs is 1. The van der Waals surface area contributed by atoms with E-state index in [4.69, 9.17) is 24.4 Å². The van der Waals surface area contributed by atoms with E-state index >= 15 is 0 Å². The quantitative estimate of drug-likeness (QED) is 0.406. The lowest BCUT2D eigenvalue weighted by atomic mass is 10.1. The summed E-state index contributed by atoms with van der Waals surface area (Å²) < 4.78 is 22.2. The van der Waals surface area contributed by atoms with Crippen molar-refractivity contribution in [1.82, 2.24) is 5.01 Å². The number of hydrogen-bond acceptors (Lipinski definition) is 8. The molecule has 0 radical (unpaired) electrons. The number of methoxy groups -OCH3 is 2. The first kappa shape index (κ1) is 24.3. The molecule has 0 saturated carbocycles. The molecule has 0 atom stereocenters. The number of carbonyl (C=O) groups excluding carboxylic acids is 1. The molecule has 0 spiro atoms. The predicted molar refractivity (Wildman–Crippen MR) is 137 cm³/mol. The van der Waals surface area contributed by atoms with Gasteiger partial charge in [-0.15, -0.1) is 0 Å². The number of carbonyl (C=O) groups is 1. The molecule has 0 saturated heterocycles. The van der Waals surface area contributed by atoms with Crippen molar-refractivity contribution in [3.63, 3.8) is 0 Å². The molecule has 2 aromatic rings. The average Bonchev–Trinajstić information content (AvgIpc) is 3.29. The maximum Gasteiger partial charge on any atom is 0.283 e. The highest BCUT2D eigenvalue weighted by atomic mass is 32.2.